The molecular formula is C17H34O4. The smallest absolute Gasteiger partial charge is 0.0573 e. The molecule has 0 aliphatic heterocycles. The van der Waals surface area contributed by atoms with Crippen LogP contribution in [0.15, 0.2) is 0 Å². The van der Waals surface area contributed by atoms with Gasteiger partial charge < -0.3 is 20.4 Å². The Labute approximate surface area is 137 Å². The van der Waals surface area contributed by atoms with E-state index in [0.29, 0.717) is 25.7 Å². The number of aliphatic hydroxyl groups excluding tert-OH is 4. The second-order valence-corrected chi connectivity index (χ2v) is 6.05. The minimum Gasteiger partial charge on any atom is -0.396 e. The molecule has 0 bridgehead atoms. The molecular weight excluding hydrogens is 268 g/mol. The summed E-state index contributed by atoms with van der Waals surface area (Å²) in [6.45, 7) is 0.918. The van der Waals surface area contributed by atoms with E-state index in [2.05, 4.69) is 0 Å². The molecule has 0 amide bonds. The minimum absolute atomic E-state index is 0.0195. The third-order valence-electron chi connectivity index (χ3n) is 4.51. The van der Waals surface area contributed by atoms with Gasteiger partial charge in [0.15, 0.2) is 0 Å². The number of hydrogen-bond donors (Lipinski definition) is 4. The zero-order valence-corrected chi connectivity index (χ0v) is 12.8. The predicted molar refractivity (Wildman–Crippen MR) is 83.9 cm³/mol. The number of hydrogen-bond acceptors (Lipinski definition) is 4. The van der Waals surface area contributed by atoms with Crippen molar-refractivity contribution in [1.29, 1.82) is 0 Å². The lowest BCUT2D eigenvalue weighted by Gasteiger charge is -2.25. The molecule has 0 saturated heterocycles. The van der Waals surface area contributed by atoms with Crippen molar-refractivity contribution in [2.24, 2.45) is 17.8 Å². The molecule has 0 spiro atoms. The van der Waals surface area contributed by atoms with Crippen molar-refractivity contribution in [1.82, 2.24) is 0 Å². The Kier molecular flexibility index (Phi) is 5.72. The van der Waals surface area contributed by atoms with Gasteiger partial charge in [-0.3, -0.25) is 0 Å². The third kappa shape index (κ3) is 6.64. The van der Waals surface area contributed by atoms with Gasteiger partial charge in [0, 0.05) is 21.4 Å². The maximum Gasteiger partial charge on any atom is 0.0573 e. The van der Waals surface area contributed by atoms with Crippen LogP contribution in [0.25, 0.3) is 0 Å². The van der Waals surface area contributed by atoms with Gasteiger partial charge in [-0.15, -0.1) is 0 Å². The van der Waals surface area contributed by atoms with Crippen LogP contribution in [0.4, 0.5) is 0 Å². The van der Waals surface area contributed by atoms with Crippen LogP contribution in [0.5, 0.6) is 0 Å². The van der Waals surface area contributed by atoms with E-state index in [4.69, 9.17) is 18.4 Å². The van der Waals surface area contributed by atoms with Gasteiger partial charge in [0.2, 0.25) is 0 Å². The van der Waals surface area contributed by atoms with E-state index in [1.807, 2.05) is 6.92 Å². The van der Waals surface area contributed by atoms with E-state index in [-0.39, 0.29) is 30.8 Å². The first kappa shape index (κ1) is 11.4. The fourth-order valence-electron chi connectivity index (χ4n) is 3.43. The van der Waals surface area contributed by atoms with E-state index in [9.17, 15) is 10.2 Å². The standard InChI is InChI=1S/C17H34O4/c1-13-12-17(21)16(7-5-11-19)15(13)9-8-14(20)6-3-2-4-10-18/h13-21H,2-12H2,1H3/t13-,14?,15+,16-,17+/m1/s1/i2D2,3D2,4D2. The zero-order chi connectivity index (χ0) is 21.0. The van der Waals surface area contributed by atoms with Crippen molar-refractivity contribution in [2.45, 2.75) is 76.8 Å². The van der Waals surface area contributed by atoms with Crippen molar-refractivity contribution < 1.29 is 28.7 Å². The SMILES string of the molecule is [2H]C([2H])(CO)C([2H])([2H])C([2H])([2H])CC(O)CC[C@@H]1[C@@H](CCCO)[C@@H](O)C[C@H]1C. The first-order valence-electron chi connectivity index (χ1n) is 10.9. The molecule has 0 radical (unpaired) electrons. The van der Waals surface area contributed by atoms with Gasteiger partial charge in [0.1, 0.15) is 0 Å². The van der Waals surface area contributed by atoms with Crippen molar-refractivity contribution >= 4 is 0 Å². The van der Waals surface area contributed by atoms with E-state index < -0.39 is 44.4 Å². The molecule has 0 aromatic carbocycles. The Morgan fingerprint density at radius 2 is 1.81 bits per heavy atom. The predicted octanol–water partition coefficient (Wildman–Crippen LogP) is 2.09. The quantitative estimate of drug-likeness (QED) is 0.471. The third-order valence-corrected chi connectivity index (χ3v) is 4.51. The molecule has 1 saturated carbocycles. The van der Waals surface area contributed by atoms with Gasteiger partial charge in [0.25, 0.3) is 0 Å². The highest BCUT2D eigenvalue weighted by Crippen LogP contribution is 2.42. The van der Waals surface area contributed by atoms with Gasteiger partial charge in [-0.05, 0) is 62.7 Å². The van der Waals surface area contributed by atoms with Crippen LogP contribution in [-0.2, 0) is 0 Å². The van der Waals surface area contributed by atoms with Crippen LogP contribution in [0.1, 0.15) is 72.8 Å². The van der Waals surface area contributed by atoms with Crippen molar-refractivity contribution in [2.75, 3.05) is 13.2 Å². The van der Waals surface area contributed by atoms with Crippen LogP contribution in [0.3, 0.4) is 0 Å². The summed E-state index contributed by atoms with van der Waals surface area (Å²) >= 11 is 0. The van der Waals surface area contributed by atoms with Crippen LogP contribution in [0.2, 0.25) is 0 Å². The molecule has 4 N–H and O–H groups in total. The monoisotopic (exact) mass is 308 g/mol. The Morgan fingerprint density at radius 3 is 2.48 bits per heavy atom. The normalized spacial score (nSPS) is 37.0. The fourth-order valence-corrected chi connectivity index (χ4v) is 3.43. The highest BCUT2D eigenvalue weighted by molar-refractivity contribution is 4.89. The Hall–Kier alpha value is -0.160. The first-order valence-corrected chi connectivity index (χ1v) is 7.88. The van der Waals surface area contributed by atoms with Crippen molar-refractivity contribution in [3.63, 3.8) is 0 Å². The lowest BCUT2D eigenvalue weighted by atomic mass is 9.82. The van der Waals surface area contributed by atoms with Gasteiger partial charge in [-0.2, -0.15) is 0 Å². The van der Waals surface area contributed by atoms with E-state index in [1.165, 1.54) is 0 Å². The largest absolute Gasteiger partial charge is 0.396 e. The van der Waals surface area contributed by atoms with E-state index in [0.717, 1.165) is 0 Å². The summed E-state index contributed by atoms with van der Waals surface area (Å²) in [4.78, 5) is 0. The number of rotatable bonds is 11. The number of aliphatic hydroxyl groups is 4. The van der Waals surface area contributed by atoms with E-state index in [1.54, 1.807) is 0 Å². The minimum atomic E-state index is -2.96. The van der Waals surface area contributed by atoms with E-state index >= 15 is 0 Å². The molecule has 4 heteroatoms. The Balaban J connectivity index is 2.69. The summed E-state index contributed by atoms with van der Waals surface area (Å²) in [6, 6.07) is 0. The summed E-state index contributed by atoms with van der Waals surface area (Å²) < 4.78 is 46.5. The second kappa shape index (κ2) is 10.5. The molecule has 5 atom stereocenters. The fraction of sp³-hybridized carbons (Fsp3) is 1.00. The van der Waals surface area contributed by atoms with Gasteiger partial charge in [-0.1, -0.05) is 19.7 Å². The topological polar surface area (TPSA) is 80.9 Å². The molecule has 1 aliphatic rings. The van der Waals surface area contributed by atoms with Crippen molar-refractivity contribution in [3.8, 4) is 0 Å². The Morgan fingerprint density at radius 1 is 1.05 bits per heavy atom. The molecule has 1 unspecified atom stereocenters. The molecule has 21 heavy (non-hydrogen) atoms. The summed E-state index contributed by atoms with van der Waals surface area (Å²) in [6.07, 6.45) is -7.89. The summed E-state index contributed by atoms with van der Waals surface area (Å²) in [7, 11) is 0. The molecule has 0 aromatic heterocycles. The van der Waals surface area contributed by atoms with Crippen LogP contribution in [0, 0.1) is 17.8 Å². The summed E-state index contributed by atoms with van der Waals surface area (Å²) in [5.41, 5.74) is 0. The van der Waals surface area contributed by atoms with Gasteiger partial charge in [0.05, 0.1) is 12.2 Å². The van der Waals surface area contributed by atoms with Crippen LogP contribution >= 0.6 is 0 Å². The molecule has 0 aromatic rings. The lowest BCUT2D eigenvalue weighted by Crippen LogP contribution is -2.22. The summed E-state index contributed by atoms with van der Waals surface area (Å²) in [5, 5.41) is 38.5. The maximum absolute atomic E-state index is 10.3. The van der Waals surface area contributed by atoms with Crippen LogP contribution < -0.4 is 0 Å². The van der Waals surface area contributed by atoms with Gasteiger partial charge in [-0.25, -0.2) is 0 Å². The summed E-state index contributed by atoms with van der Waals surface area (Å²) in [5.74, 6) is 0.390. The van der Waals surface area contributed by atoms with Gasteiger partial charge >= 0.3 is 0 Å². The zero-order valence-electron chi connectivity index (χ0n) is 18.8. The van der Waals surface area contributed by atoms with Crippen molar-refractivity contribution in [3.05, 3.63) is 0 Å². The second-order valence-electron chi connectivity index (χ2n) is 6.05. The Bertz CT molecular complexity index is 463. The molecule has 1 rings (SSSR count). The van der Waals surface area contributed by atoms with Crippen LogP contribution in [-0.4, -0.2) is 45.8 Å². The molecule has 1 aliphatic carbocycles. The molecule has 1 fully saturated rings. The average Bonchev–Trinajstić information content (AvgIpc) is 2.83. The highest BCUT2D eigenvalue weighted by atomic mass is 16.3. The molecule has 4 nitrogen and oxygen atoms in total. The maximum atomic E-state index is 10.3. The first-order chi connectivity index (χ1) is 12.3. The lowest BCUT2D eigenvalue weighted by molar-refractivity contribution is 0.0923. The highest BCUT2D eigenvalue weighted by Gasteiger charge is 2.39. The average molecular weight is 308 g/mol. The molecule has 126 valence electrons. The molecule has 0 heterocycles.